The van der Waals surface area contributed by atoms with Crippen molar-refractivity contribution in [1.29, 1.82) is 0 Å². The van der Waals surface area contributed by atoms with E-state index in [0.717, 1.165) is 19.0 Å². The Morgan fingerprint density at radius 1 is 1.17 bits per heavy atom. The van der Waals surface area contributed by atoms with Gasteiger partial charge >= 0.3 is 0 Å². The predicted octanol–water partition coefficient (Wildman–Crippen LogP) is 2.93. The lowest BCUT2D eigenvalue weighted by molar-refractivity contribution is 0.251. The van der Waals surface area contributed by atoms with E-state index in [0.29, 0.717) is 6.04 Å². The minimum Gasteiger partial charge on any atom is -0.295 e. The molecule has 2 heteroatoms. The van der Waals surface area contributed by atoms with Crippen LogP contribution in [0.15, 0.2) is 35.3 Å². The first-order valence-electron chi connectivity index (χ1n) is 7.13. The van der Waals surface area contributed by atoms with Gasteiger partial charge < -0.3 is 0 Å². The van der Waals surface area contributed by atoms with Crippen LogP contribution >= 0.6 is 0 Å². The van der Waals surface area contributed by atoms with Crippen molar-refractivity contribution in [3.05, 3.63) is 35.9 Å². The van der Waals surface area contributed by atoms with E-state index in [1.54, 1.807) is 0 Å². The van der Waals surface area contributed by atoms with Gasteiger partial charge in [0.15, 0.2) is 0 Å². The molecule has 2 heterocycles. The Labute approximate surface area is 110 Å². The third-order valence-electron chi connectivity index (χ3n) is 4.52. The molecule has 18 heavy (non-hydrogen) atoms. The van der Waals surface area contributed by atoms with Crippen LogP contribution in [0.5, 0.6) is 0 Å². The zero-order valence-electron chi connectivity index (χ0n) is 11.2. The maximum absolute atomic E-state index is 4.88. The van der Waals surface area contributed by atoms with Crippen LogP contribution in [-0.2, 0) is 6.42 Å². The SMILES string of the molecule is CN1[C@@H]2CCC(=NCCc3ccccc3)[C@H]1CC2. The molecule has 96 valence electrons. The standard InChI is InChI=1S/C16H22N2/c1-18-14-7-9-15(16(18)10-8-14)17-12-11-13-5-3-2-4-6-13/h2-6,14,16H,7-12H2,1H3/t14-,16-/m1/s1. The van der Waals surface area contributed by atoms with Gasteiger partial charge in [0, 0.05) is 24.3 Å². The molecule has 3 rings (SSSR count). The van der Waals surface area contributed by atoms with Crippen LogP contribution in [-0.4, -0.2) is 36.3 Å². The van der Waals surface area contributed by atoms with E-state index in [1.165, 1.54) is 37.0 Å². The molecule has 1 aromatic carbocycles. The molecule has 0 N–H and O–H groups in total. The zero-order valence-corrected chi connectivity index (χ0v) is 11.2. The molecule has 0 amide bonds. The van der Waals surface area contributed by atoms with E-state index >= 15 is 0 Å². The smallest absolute Gasteiger partial charge is 0.0477 e. The highest BCUT2D eigenvalue weighted by Gasteiger charge is 2.37. The minimum atomic E-state index is 0.652. The average molecular weight is 242 g/mol. The molecule has 2 bridgehead atoms. The van der Waals surface area contributed by atoms with Crippen molar-refractivity contribution in [2.24, 2.45) is 4.99 Å². The van der Waals surface area contributed by atoms with Crippen LogP contribution in [0.4, 0.5) is 0 Å². The van der Waals surface area contributed by atoms with Crippen molar-refractivity contribution in [1.82, 2.24) is 4.90 Å². The Morgan fingerprint density at radius 3 is 2.83 bits per heavy atom. The summed E-state index contributed by atoms with van der Waals surface area (Å²) in [5.74, 6) is 0. The van der Waals surface area contributed by atoms with Gasteiger partial charge in [0.1, 0.15) is 0 Å². The van der Waals surface area contributed by atoms with Gasteiger partial charge in [0.25, 0.3) is 0 Å². The van der Waals surface area contributed by atoms with Crippen LogP contribution < -0.4 is 0 Å². The largest absolute Gasteiger partial charge is 0.295 e. The monoisotopic (exact) mass is 242 g/mol. The topological polar surface area (TPSA) is 15.6 Å². The van der Waals surface area contributed by atoms with E-state index < -0.39 is 0 Å². The summed E-state index contributed by atoms with van der Waals surface area (Å²) < 4.78 is 0. The van der Waals surface area contributed by atoms with Crippen molar-refractivity contribution in [2.75, 3.05) is 13.6 Å². The number of benzene rings is 1. The second-order valence-electron chi connectivity index (χ2n) is 5.56. The second-order valence-corrected chi connectivity index (χ2v) is 5.56. The maximum Gasteiger partial charge on any atom is 0.0477 e. The van der Waals surface area contributed by atoms with E-state index in [1.807, 2.05) is 0 Å². The molecule has 2 aliphatic rings. The van der Waals surface area contributed by atoms with E-state index in [9.17, 15) is 0 Å². The summed E-state index contributed by atoms with van der Waals surface area (Å²) in [6, 6.07) is 12.2. The van der Waals surface area contributed by atoms with Crippen LogP contribution in [0.25, 0.3) is 0 Å². The first-order chi connectivity index (χ1) is 8.84. The number of hydrogen-bond donors (Lipinski definition) is 0. The quantitative estimate of drug-likeness (QED) is 0.795. The van der Waals surface area contributed by atoms with Crippen molar-refractivity contribution < 1.29 is 0 Å². The highest BCUT2D eigenvalue weighted by Crippen LogP contribution is 2.32. The lowest BCUT2D eigenvalue weighted by atomic mass is 10.0. The predicted molar refractivity (Wildman–Crippen MR) is 76.3 cm³/mol. The highest BCUT2D eigenvalue weighted by atomic mass is 15.2. The van der Waals surface area contributed by atoms with Gasteiger partial charge in [0.2, 0.25) is 0 Å². The summed E-state index contributed by atoms with van der Waals surface area (Å²) in [7, 11) is 2.27. The van der Waals surface area contributed by atoms with Gasteiger partial charge in [-0.1, -0.05) is 30.3 Å². The fraction of sp³-hybridized carbons (Fsp3) is 0.562. The van der Waals surface area contributed by atoms with Crippen molar-refractivity contribution in [3.8, 4) is 0 Å². The Bertz CT molecular complexity index is 424. The van der Waals surface area contributed by atoms with E-state index in [2.05, 4.69) is 42.3 Å². The Balaban J connectivity index is 1.60. The molecule has 0 aliphatic carbocycles. The van der Waals surface area contributed by atoms with Crippen LogP contribution in [0.3, 0.4) is 0 Å². The Kier molecular flexibility index (Phi) is 3.46. The van der Waals surface area contributed by atoms with Crippen molar-refractivity contribution in [3.63, 3.8) is 0 Å². The molecule has 0 aromatic heterocycles. The zero-order chi connectivity index (χ0) is 12.4. The number of aliphatic imine (C=N–C) groups is 1. The highest BCUT2D eigenvalue weighted by molar-refractivity contribution is 5.90. The molecule has 0 radical (unpaired) electrons. The lowest BCUT2D eigenvalue weighted by Crippen LogP contribution is -2.42. The summed E-state index contributed by atoms with van der Waals surface area (Å²) in [5.41, 5.74) is 2.86. The van der Waals surface area contributed by atoms with Gasteiger partial charge in [-0.25, -0.2) is 0 Å². The van der Waals surface area contributed by atoms with E-state index in [-0.39, 0.29) is 0 Å². The molecule has 0 saturated carbocycles. The third-order valence-corrected chi connectivity index (χ3v) is 4.52. The summed E-state index contributed by atoms with van der Waals surface area (Å²) >= 11 is 0. The number of fused-ring (bicyclic) bond motifs is 2. The van der Waals surface area contributed by atoms with Crippen molar-refractivity contribution in [2.45, 2.75) is 44.2 Å². The fourth-order valence-corrected chi connectivity index (χ4v) is 3.40. The molecule has 2 nitrogen and oxygen atoms in total. The lowest BCUT2D eigenvalue weighted by Gasteiger charge is -2.32. The number of piperidine rings is 1. The van der Waals surface area contributed by atoms with E-state index in [4.69, 9.17) is 4.99 Å². The molecule has 2 saturated heterocycles. The van der Waals surface area contributed by atoms with Crippen molar-refractivity contribution >= 4 is 5.71 Å². The molecule has 1 aromatic rings. The van der Waals surface area contributed by atoms with Gasteiger partial charge in [0.05, 0.1) is 0 Å². The van der Waals surface area contributed by atoms with Crippen LogP contribution in [0.1, 0.15) is 31.2 Å². The summed E-state index contributed by atoms with van der Waals surface area (Å²) in [4.78, 5) is 7.43. The Morgan fingerprint density at radius 2 is 2.00 bits per heavy atom. The third kappa shape index (κ3) is 2.35. The number of hydrogen-bond acceptors (Lipinski definition) is 2. The Hall–Kier alpha value is -1.15. The normalized spacial score (nSPS) is 29.9. The average Bonchev–Trinajstić information content (AvgIpc) is 2.63. The van der Waals surface area contributed by atoms with Crippen LogP contribution in [0, 0.1) is 0 Å². The van der Waals surface area contributed by atoms with Gasteiger partial charge in [-0.15, -0.1) is 0 Å². The minimum absolute atomic E-state index is 0.652. The summed E-state index contributed by atoms with van der Waals surface area (Å²) in [6.07, 6.45) is 6.32. The second kappa shape index (κ2) is 5.23. The molecule has 2 atom stereocenters. The molecular weight excluding hydrogens is 220 g/mol. The van der Waals surface area contributed by atoms with Gasteiger partial charge in [-0.2, -0.15) is 0 Å². The van der Waals surface area contributed by atoms with Gasteiger partial charge in [-0.05, 0) is 44.7 Å². The molecule has 2 fully saturated rings. The van der Waals surface area contributed by atoms with Crippen LogP contribution in [0.2, 0.25) is 0 Å². The molecular formula is C16H22N2. The summed E-state index contributed by atoms with van der Waals surface area (Å²) in [6.45, 7) is 0.953. The fourth-order valence-electron chi connectivity index (χ4n) is 3.40. The molecule has 0 unspecified atom stereocenters. The number of nitrogens with zero attached hydrogens (tertiary/aromatic N) is 2. The molecule has 2 aliphatic heterocycles. The molecule has 0 spiro atoms. The van der Waals surface area contributed by atoms with Gasteiger partial charge in [-0.3, -0.25) is 9.89 Å². The number of rotatable bonds is 3. The summed E-state index contributed by atoms with van der Waals surface area (Å²) in [5, 5.41) is 0. The first kappa shape index (κ1) is 11.9. The first-order valence-corrected chi connectivity index (χ1v) is 7.13. The maximum atomic E-state index is 4.88.